The average Bonchev–Trinajstić information content (AvgIpc) is 3.42. The van der Waals surface area contributed by atoms with Crippen LogP contribution in [0, 0.1) is 6.92 Å². The van der Waals surface area contributed by atoms with Crippen molar-refractivity contribution in [3.05, 3.63) is 82.4 Å². The number of anilines is 4. The summed E-state index contributed by atoms with van der Waals surface area (Å²) in [5.41, 5.74) is 7.46. The molecule has 4 aromatic rings. The highest BCUT2D eigenvalue weighted by atomic mass is 32.1. The van der Waals surface area contributed by atoms with Crippen molar-refractivity contribution in [3.63, 3.8) is 0 Å². The number of nitrogens with one attached hydrogen (secondary N) is 2. The minimum absolute atomic E-state index is 0.130. The zero-order chi connectivity index (χ0) is 31.4. The molecule has 0 unspecified atom stereocenters. The topological polar surface area (TPSA) is 137 Å². The molecule has 10 nitrogen and oxygen atoms in total. The number of nitrogens with zero attached hydrogens (tertiary/aromatic N) is 4. The van der Waals surface area contributed by atoms with E-state index in [1.807, 2.05) is 12.1 Å². The molecule has 5 rings (SSSR count). The summed E-state index contributed by atoms with van der Waals surface area (Å²) in [4.78, 5) is 38.9. The molecule has 0 aliphatic carbocycles. The van der Waals surface area contributed by atoms with Crippen molar-refractivity contribution in [1.29, 1.82) is 0 Å². The number of aliphatic hydroxyl groups is 1. The zero-order valence-corrected chi connectivity index (χ0v) is 24.5. The van der Waals surface area contributed by atoms with Gasteiger partial charge in [0.15, 0.2) is 5.13 Å². The molecule has 1 aliphatic heterocycles. The number of carbonyl (C=O) groups excluding carboxylic acids is 2. The molecule has 2 aromatic heterocycles. The molecule has 14 heteroatoms. The van der Waals surface area contributed by atoms with E-state index < -0.39 is 23.6 Å². The highest BCUT2D eigenvalue weighted by Gasteiger charge is 2.31. The smallest absolute Gasteiger partial charge is 0.395 e. The first-order valence-corrected chi connectivity index (χ1v) is 14.5. The highest BCUT2D eigenvalue weighted by molar-refractivity contribution is 7.18. The van der Waals surface area contributed by atoms with Crippen molar-refractivity contribution < 1.29 is 27.9 Å². The monoisotopic (exact) mass is 625 g/mol. The van der Waals surface area contributed by atoms with Gasteiger partial charge < -0.3 is 26.4 Å². The number of piperazine rings is 1. The first-order chi connectivity index (χ1) is 21.0. The molecule has 1 aliphatic rings. The highest BCUT2D eigenvalue weighted by Crippen LogP contribution is 2.36. The van der Waals surface area contributed by atoms with E-state index in [0.29, 0.717) is 34.4 Å². The summed E-state index contributed by atoms with van der Waals surface area (Å²) in [6.45, 7) is 5.86. The van der Waals surface area contributed by atoms with Crippen LogP contribution in [0.5, 0.6) is 0 Å². The van der Waals surface area contributed by atoms with E-state index in [0.717, 1.165) is 60.9 Å². The number of alkyl halides is 3. The van der Waals surface area contributed by atoms with Crippen LogP contribution in [0.2, 0.25) is 0 Å². The first kappa shape index (κ1) is 30.9. The van der Waals surface area contributed by atoms with E-state index in [1.165, 1.54) is 12.1 Å². The van der Waals surface area contributed by atoms with Crippen molar-refractivity contribution in [2.24, 2.45) is 5.73 Å². The first-order valence-electron chi connectivity index (χ1n) is 13.7. The maximum absolute atomic E-state index is 13.1. The van der Waals surface area contributed by atoms with Crippen LogP contribution in [0.4, 0.5) is 35.5 Å². The molecule has 2 aromatic carbocycles. The molecule has 1 saturated heterocycles. The second-order valence-electron chi connectivity index (χ2n) is 10.2. The number of hydrogen-bond acceptors (Lipinski definition) is 9. The minimum atomic E-state index is -4.58. The molecule has 1 fully saturated rings. The second-order valence-corrected chi connectivity index (χ2v) is 11.2. The Balaban J connectivity index is 1.36. The number of β-amino-alcohol motifs (C(OH)–C–C–N with tert-alkyl or cyclic N) is 1. The number of carbonyl (C=O) groups is 2. The summed E-state index contributed by atoms with van der Waals surface area (Å²) >= 11 is 1.06. The van der Waals surface area contributed by atoms with Gasteiger partial charge in [-0.2, -0.15) is 13.2 Å². The van der Waals surface area contributed by atoms with E-state index in [9.17, 15) is 27.9 Å². The predicted octanol–water partition coefficient (Wildman–Crippen LogP) is 4.74. The lowest BCUT2D eigenvalue weighted by atomic mass is 10.0. The molecule has 0 radical (unpaired) electrons. The van der Waals surface area contributed by atoms with Crippen molar-refractivity contribution in [2.45, 2.75) is 13.1 Å². The Kier molecular flexibility index (Phi) is 9.13. The van der Waals surface area contributed by atoms with Crippen molar-refractivity contribution >= 4 is 45.5 Å². The van der Waals surface area contributed by atoms with Crippen LogP contribution in [-0.4, -0.2) is 71.1 Å². The van der Waals surface area contributed by atoms with E-state index in [4.69, 9.17) is 5.73 Å². The second kappa shape index (κ2) is 13.0. The number of aliphatic hydroxyl groups excluding tert-OH is 1. The van der Waals surface area contributed by atoms with Gasteiger partial charge in [0, 0.05) is 67.5 Å². The number of benzene rings is 2. The van der Waals surface area contributed by atoms with Crippen LogP contribution in [0.25, 0.3) is 11.3 Å². The predicted molar refractivity (Wildman–Crippen MR) is 163 cm³/mol. The molecular formula is C30H30F3N7O3S. The van der Waals surface area contributed by atoms with Crippen molar-refractivity contribution in [2.75, 3.05) is 54.9 Å². The maximum Gasteiger partial charge on any atom is 0.416 e. The van der Waals surface area contributed by atoms with Gasteiger partial charge in [0.25, 0.3) is 11.8 Å². The molecule has 0 atom stereocenters. The molecule has 230 valence electrons. The van der Waals surface area contributed by atoms with Crippen LogP contribution in [0.15, 0.2) is 60.8 Å². The summed E-state index contributed by atoms with van der Waals surface area (Å²) in [5.74, 6) is -0.885. The van der Waals surface area contributed by atoms with Gasteiger partial charge in [-0.1, -0.05) is 23.5 Å². The summed E-state index contributed by atoms with van der Waals surface area (Å²) in [5, 5.41) is 15.4. The third-order valence-electron chi connectivity index (χ3n) is 7.19. The molecule has 3 heterocycles. The third kappa shape index (κ3) is 7.15. The van der Waals surface area contributed by atoms with E-state index in [2.05, 4.69) is 30.4 Å². The van der Waals surface area contributed by atoms with E-state index in [1.54, 1.807) is 31.3 Å². The fourth-order valence-corrected chi connectivity index (χ4v) is 5.72. The summed E-state index contributed by atoms with van der Waals surface area (Å²) in [7, 11) is 0. The van der Waals surface area contributed by atoms with Crippen LogP contribution in [0.3, 0.4) is 0 Å². The number of thiazole rings is 1. The number of hydrogen-bond donors (Lipinski definition) is 4. The Bertz CT molecular complexity index is 1670. The molecule has 44 heavy (non-hydrogen) atoms. The Morgan fingerprint density at radius 2 is 1.84 bits per heavy atom. The number of aryl methyl sites for hydroxylation is 1. The molecular weight excluding hydrogens is 595 g/mol. The van der Waals surface area contributed by atoms with Gasteiger partial charge in [-0.15, -0.1) is 0 Å². The Hall–Kier alpha value is -4.53. The molecule has 0 spiro atoms. The standard InChI is InChI=1S/C30H30F3N7O3S/c1-18-5-6-21(36-28(43)19-3-2-4-20(15-19)30(31,32)33)16-23(18)25-26(27(34)42)44-29(38-25)37-24-17-22(7-8-35-24)40-11-9-39(10-12-40)13-14-41/h2-8,15-17,41H,9-14H2,1H3,(H2,34,42)(H,36,43)(H,35,37,38). The van der Waals surface area contributed by atoms with Gasteiger partial charge in [0.05, 0.1) is 17.9 Å². The number of nitrogens with two attached hydrogens (primary N) is 1. The SMILES string of the molecule is Cc1ccc(NC(=O)c2cccc(C(F)(F)F)c2)cc1-c1nc(Nc2cc(N3CCN(CCO)CC3)ccn2)sc1C(N)=O. The normalized spacial score (nSPS) is 14.0. The lowest BCUT2D eigenvalue weighted by molar-refractivity contribution is -0.137. The van der Waals surface area contributed by atoms with Crippen LogP contribution in [-0.2, 0) is 6.18 Å². The van der Waals surface area contributed by atoms with E-state index in [-0.39, 0.29) is 17.0 Å². The van der Waals surface area contributed by atoms with Gasteiger partial charge >= 0.3 is 6.18 Å². The molecule has 2 amide bonds. The molecule has 0 saturated carbocycles. The minimum Gasteiger partial charge on any atom is -0.395 e. The molecule has 0 bridgehead atoms. The van der Waals surface area contributed by atoms with Crippen LogP contribution < -0.4 is 21.3 Å². The largest absolute Gasteiger partial charge is 0.416 e. The van der Waals surface area contributed by atoms with Crippen LogP contribution >= 0.6 is 11.3 Å². The maximum atomic E-state index is 13.1. The van der Waals surface area contributed by atoms with Gasteiger partial charge in [-0.25, -0.2) is 9.97 Å². The Morgan fingerprint density at radius 1 is 1.07 bits per heavy atom. The number of amides is 2. The van der Waals surface area contributed by atoms with Gasteiger partial charge in [0.1, 0.15) is 10.7 Å². The Morgan fingerprint density at radius 3 is 2.55 bits per heavy atom. The average molecular weight is 626 g/mol. The quantitative estimate of drug-likeness (QED) is 0.209. The lowest BCUT2D eigenvalue weighted by Gasteiger charge is -2.35. The number of aromatic nitrogens is 2. The lowest BCUT2D eigenvalue weighted by Crippen LogP contribution is -2.47. The van der Waals surface area contributed by atoms with Crippen molar-refractivity contribution in [1.82, 2.24) is 14.9 Å². The Labute approximate surface area is 255 Å². The summed E-state index contributed by atoms with van der Waals surface area (Å²) in [6.07, 6.45) is -2.90. The fourth-order valence-electron chi connectivity index (χ4n) is 4.88. The number of pyridine rings is 1. The van der Waals surface area contributed by atoms with E-state index >= 15 is 0 Å². The summed E-state index contributed by atoms with van der Waals surface area (Å²) in [6, 6.07) is 12.9. The van der Waals surface area contributed by atoms with Gasteiger partial charge in [-0.05, 0) is 48.9 Å². The number of rotatable bonds is 9. The van der Waals surface area contributed by atoms with Gasteiger partial charge in [0.2, 0.25) is 0 Å². The van der Waals surface area contributed by atoms with Crippen LogP contribution in [0.1, 0.15) is 31.2 Å². The number of halogens is 3. The third-order valence-corrected chi connectivity index (χ3v) is 8.17. The van der Waals surface area contributed by atoms with Gasteiger partial charge in [-0.3, -0.25) is 14.5 Å². The fraction of sp³-hybridized carbons (Fsp3) is 0.267. The summed E-state index contributed by atoms with van der Waals surface area (Å²) < 4.78 is 39.4. The molecule has 5 N–H and O–H groups in total. The number of primary amides is 1. The van der Waals surface area contributed by atoms with Crippen molar-refractivity contribution in [3.8, 4) is 11.3 Å². The zero-order valence-electron chi connectivity index (χ0n) is 23.7.